The van der Waals surface area contributed by atoms with Gasteiger partial charge in [0, 0.05) is 49.6 Å². The van der Waals surface area contributed by atoms with E-state index in [0.717, 1.165) is 73.4 Å². The summed E-state index contributed by atoms with van der Waals surface area (Å²) in [6, 6.07) is 30.2. The molecule has 2 heterocycles. The second-order valence-corrected chi connectivity index (χ2v) is 16.1. The van der Waals surface area contributed by atoms with Gasteiger partial charge in [-0.05, 0) is 152 Å². The summed E-state index contributed by atoms with van der Waals surface area (Å²) in [6.45, 7) is 23.6. The summed E-state index contributed by atoms with van der Waals surface area (Å²) in [5.41, 5.74) is 14.6. The Morgan fingerprint density at radius 1 is 0.881 bits per heavy atom. The lowest BCUT2D eigenvalue weighted by Crippen LogP contribution is -2.44. The Morgan fingerprint density at radius 3 is 2.10 bits per heavy atom. The molecule has 2 aliphatic rings. The molecule has 320 valence electrons. The number of carbonyl (C=O) groups is 3. The molecule has 59 heavy (non-hydrogen) atoms. The third-order valence-corrected chi connectivity index (χ3v) is 10.3. The number of nitrogens with zero attached hydrogens (tertiary/aromatic N) is 1. The number of nitrogen functional groups attached to an aromatic ring is 1. The minimum atomic E-state index is -0.338. The maximum atomic E-state index is 13.0. The molecule has 4 aromatic carbocycles. The van der Waals surface area contributed by atoms with Gasteiger partial charge in [0.05, 0.1) is 11.5 Å². The number of carbonyl (C=O) groups excluding carboxylic acids is 3. The molecule has 9 nitrogen and oxygen atoms in total. The first kappa shape index (κ1) is 48.4. The van der Waals surface area contributed by atoms with Crippen LogP contribution in [0.1, 0.15) is 113 Å². The normalized spacial score (nSPS) is 14.2. The SMILES string of the molecule is CC.CC(=O)N1CCCc2cc(-c3ccc(C(=O)NC(C)C)cc3)ccc21.CCOC(C)(C)CNC(=O)C(c1cccc(C)c1)C1CCNCC1.Cc1ccc(N)cc1. The summed E-state index contributed by atoms with van der Waals surface area (Å²) in [5, 5.41) is 9.43. The highest BCUT2D eigenvalue weighted by atomic mass is 16.5. The summed E-state index contributed by atoms with van der Waals surface area (Å²) in [6.07, 6.45) is 4.06. The van der Waals surface area contributed by atoms with Crippen LogP contribution in [0.25, 0.3) is 11.1 Å². The van der Waals surface area contributed by atoms with Gasteiger partial charge in [-0.1, -0.05) is 79.6 Å². The maximum absolute atomic E-state index is 13.0. The Kier molecular flexibility index (Phi) is 19.8. The largest absolute Gasteiger partial charge is 0.399 e. The average Bonchev–Trinajstić information content (AvgIpc) is 3.22. The number of hydrogen-bond acceptors (Lipinski definition) is 6. The van der Waals surface area contributed by atoms with Crippen LogP contribution >= 0.6 is 0 Å². The van der Waals surface area contributed by atoms with E-state index in [-0.39, 0.29) is 35.3 Å². The zero-order valence-electron chi connectivity index (χ0n) is 37.4. The maximum Gasteiger partial charge on any atom is 0.251 e. The van der Waals surface area contributed by atoms with Crippen LogP contribution in [0.3, 0.4) is 0 Å². The molecule has 0 spiro atoms. The van der Waals surface area contributed by atoms with Crippen LogP contribution in [0.4, 0.5) is 11.4 Å². The number of nitrogens with one attached hydrogen (secondary N) is 3. The molecule has 2 aliphatic heterocycles. The van der Waals surface area contributed by atoms with Gasteiger partial charge < -0.3 is 31.3 Å². The van der Waals surface area contributed by atoms with Crippen LogP contribution in [0.5, 0.6) is 0 Å². The monoisotopic (exact) mass is 806 g/mol. The third-order valence-electron chi connectivity index (χ3n) is 10.3. The smallest absolute Gasteiger partial charge is 0.251 e. The predicted octanol–water partition coefficient (Wildman–Crippen LogP) is 9.40. The van der Waals surface area contributed by atoms with Crippen molar-refractivity contribution < 1.29 is 19.1 Å². The van der Waals surface area contributed by atoms with E-state index in [1.54, 1.807) is 6.92 Å². The lowest BCUT2D eigenvalue weighted by molar-refractivity contribution is -0.125. The predicted molar refractivity (Wildman–Crippen MR) is 246 cm³/mol. The molecule has 0 aromatic heterocycles. The van der Waals surface area contributed by atoms with Gasteiger partial charge in [-0.25, -0.2) is 0 Å². The molecule has 6 rings (SSSR count). The van der Waals surface area contributed by atoms with Crippen LogP contribution in [-0.4, -0.2) is 62.2 Å². The highest BCUT2D eigenvalue weighted by molar-refractivity contribution is 5.95. The number of amides is 3. The third kappa shape index (κ3) is 15.6. The summed E-state index contributed by atoms with van der Waals surface area (Å²) in [5.74, 6) is 0.478. The van der Waals surface area contributed by atoms with E-state index in [1.165, 1.54) is 16.7 Å². The Hall–Kier alpha value is -4.99. The van der Waals surface area contributed by atoms with E-state index >= 15 is 0 Å². The fraction of sp³-hybridized carbons (Fsp3) is 0.460. The van der Waals surface area contributed by atoms with Gasteiger partial charge >= 0.3 is 0 Å². The first-order chi connectivity index (χ1) is 28.2. The summed E-state index contributed by atoms with van der Waals surface area (Å²) in [7, 11) is 0. The van der Waals surface area contributed by atoms with E-state index in [9.17, 15) is 14.4 Å². The van der Waals surface area contributed by atoms with Crippen molar-refractivity contribution >= 4 is 29.1 Å². The minimum Gasteiger partial charge on any atom is -0.399 e. The fourth-order valence-corrected chi connectivity index (χ4v) is 7.36. The topological polar surface area (TPSA) is 126 Å². The van der Waals surface area contributed by atoms with E-state index in [1.807, 2.05) is 121 Å². The quantitative estimate of drug-likeness (QED) is 0.118. The first-order valence-electron chi connectivity index (χ1n) is 21.5. The molecular formula is C50H71N5O4. The van der Waals surface area contributed by atoms with Crippen LogP contribution in [0, 0.1) is 19.8 Å². The number of rotatable bonds is 10. The van der Waals surface area contributed by atoms with Crippen molar-refractivity contribution in [3.8, 4) is 11.1 Å². The molecular weight excluding hydrogens is 735 g/mol. The molecule has 9 heteroatoms. The molecule has 0 saturated carbocycles. The summed E-state index contributed by atoms with van der Waals surface area (Å²) in [4.78, 5) is 38.7. The molecule has 5 N–H and O–H groups in total. The first-order valence-corrected chi connectivity index (χ1v) is 21.5. The molecule has 0 radical (unpaired) electrons. The van der Waals surface area contributed by atoms with Crippen molar-refractivity contribution in [1.29, 1.82) is 0 Å². The molecule has 1 unspecified atom stereocenters. The Morgan fingerprint density at radius 2 is 1.53 bits per heavy atom. The van der Waals surface area contributed by atoms with Gasteiger partial charge in [0.25, 0.3) is 5.91 Å². The lowest BCUT2D eigenvalue weighted by atomic mass is 9.79. The average molecular weight is 806 g/mol. The number of fused-ring (bicyclic) bond motifs is 1. The number of hydrogen-bond donors (Lipinski definition) is 4. The zero-order chi connectivity index (χ0) is 43.5. The van der Waals surface area contributed by atoms with E-state index in [0.29, 0.717) is 24.6 Å². The van der Waals surface area contributed by atoms with E-state index in [2.05, 4.69) is 53.2 Å². The fourth-order valence-electron chi connectivity index (χ4n) is 7.36. The van der Waals surface area contributed by atoms with Gasteiger partial charge in [0.1, 0.15) is 0 Å². The standard InChI is InChI=1S/C21H24N2O2.C20H32N2O2.C7H9N.C2H6/c1-14(2)22-21(25)17-8-6-16(7-9-17)18-10-11-20-19(13-18)5-4-12-23(20)15(3)24;1-5-24-20(3,4)14-22-19(23)18(16-9-11-21-12-10-16)17-8-6-7-15(2)13-17;1-6-2-4-7(8)5-3-6;1-2/h6-11,13-14H,4-5,12H2,1-3H3,(H,22,25);6-8,13,16,18,21H,5,9-12,14H2,1-4H3,(H,22,23);2-5H,8H2,1H3;1-2H3. The van der Waals surface area contributed by atoms with E-state index < -0.39 is 0 Å². The second kappa shape index (κ2) is 24.2. The van der Waals surface area contributed by atoms with Crippen LogP contribution in [0.15, 0.2) is 91.0 Å². The van der Waals surface area contributed by atoms with Crippen LogP contribution in [0.2, 0.25) is 0 Å². The van der Waals surface area contributed by atoms with Gasteiger partial charge in [-0.3, -0.25) is 14.4 Å². The van der Waals surface area contributed by atoms with Crippen molar-refractivity contribution in [2.45, 2.75) is 112 Å². The van der Waals surface area contributed by atoms with Crippen molar-refractivity contribution in [3.63, 3.8) is 0 Å². The number of nitrogens with two attached hydrogens (primary N) is 1. The molecule has 1 saturated heterocycles. The van der Waals surface area contributed by atoms with Gasteiger partial charge in [-0.2, -0.15) is 0 Å². The molecule has 0 aliphatic carbocycles. The number of aryl methyl sites for hydroxylation is 3. The number of piperidine rings is 1. The second-order valence-electron chi connectivity index (χ2n) is 16.1. The lowest BCUT2D eigenvalue weighted by Gasteiger charge is -2.32. The van der Waals surface area contributed by atoms with Crippen molar-refractivity contribution in [2.75, 3.05) is 43.4 Å². The van der Waals surface area contributed by atoms with Crippen molar-refractivity contribution in [3.05, 3.63) is 119 Å². The number of anilines is 2. The zero-order valence-corrected chi connectivity index (χ0v) is 37.4. The van der Waals surface area contributed by atoms with Crippen LogP contribution in [-0.2, 0) is 20.7 Å². The highest BCUT2D eigenvalue weighted by Crippen LogP contribution is 2.33. The summed E-state index contributed by atoms with van der Waals surface area (Å²) >= 11 is 0. The minimum absolute atomic E-state index is 0.0518. The molecule has 1 atom stereocenters. The molecule has 1 fully saturated rings. The molecule has 3 amide bonds. The Bertz CT molecular complexity index is 1880. The van der Waals surface area contributed by atoms with Crippen molar-refractivity contribution in [1.82, 2.24) is 16.0 Å². The van der Waals surface area contributed by atoms with Crippen LogP contribution < -0.4 is 26.6 Å². The Balaban J connectivity index is 0.000000257. The van der Waals surface area contributed by atoms with Crippen molar-refractivity contribution in [2.24, 2.45) is 5.92 Å². The number of benzene rings is 4. The molecule has 0 bridgehead atoms. The van der Waals surface area contributed by atoms with Gasteiger partial charge in [-0.15, -0.1) is 0 Å². The highest BCUT2D eigenvalue weighted by Gasteiger charge is 2.32. The molecule has 4 aromatic rings. The van der Waals surface area contributed by atoms with Gasteiger partial charge in [0.15, 0.2) is 0 Å². The number of ether oxygens (including phenoxy) is 1. The summed E-state index contributed by atoms with van der Waals surface area (Å²) < 4.78 is 5.71. The Labute approximate surface area is 354 Å². The van der Waals surface area contributed by atoms with Gasteiger partial charge in [0.2, 0.25) is 11.8 Å². The van der Waals surface area contributed by atoms with E-state index in [4.69, 9.17) is 10.5 Å².